The topological polar surface area (TPSA) is 35.5 Å². The number of methoxy groups -OCH3 is 1. The zero-order chi connectivity index (χ0) is 10.6. The Hall–Kier alpha value is -1.03. The van der Waals surface area contributed by atoms with Crippen molar-refractivity contribution >= 4 is 21.9 Å². The zero-order valence-corrected chi connectivity index (χ0v) is 9.63. The average molecular weight is 259 g/mol. The van der Waals surface area contributed by atoms with E-state index in [1.54, 1.807) is 32.2 Å². The van der Waals surface area contributed by atoms with Crippen LogP contribution in [0.4, 0.5) is 0 Å². The van der Waals surface area contributed by atoms with Crippen LogP contribution in [-0.2, 0) is 4.74 Å². The Morgan fingerprint density at radius 1 is 1.50 bits per heavy atom. The lowest BCUT2D eigenvalue weighted by Crippen LogP contribution is -2.05. The number of hydrogen-bond acceptors (Lipinski definition) is 3. The van der Waals surface area contributed by atoms with Crippen molar-refractivity contribution in [3.05, 3.63) is 28.2 Å². The van der Waals surface area contributed by atoms with E-state index in [1.807, 2.05) is 0 Å². The molecule has 1 aromatic carbocycles. The maximum absolute atomic E-state index is 11.4. The SMILES string of the molecule is CCOC(=O)c1cccc(OC)c1Br. The number of rotatable bonds is 3. The van der Waals surface area contributed by atoms with Gasteiger partial charge in [0.15, 0.2) is 0 Å². The second kappa shape index (κ2) is 5.00. The molecule has 0 unspecified atom stereocenters. The van der Waals surface area contributed by atoms with Crippen LogP contribution in [0.1, 0.15) is 17.3 Å². The van der Waals surface area contributed by atoms with Crippen LogP contribution in [0.3, 0.4) is 0 Å². The molecule has 0 heterocycles. The van der Waals surface area contributed by atoms with Crippen LogP contribution >= 0.6 is 15.9 Å². The van der Waals surface area contributed by atoms with Crippen LogP contribution in [-0.4, -0.2) is 19.7 Å². The summed E-state index contributed by atoms with van der Waals surface area (Å²) in [6, 6.07) is 5.20. The van der Waals surface area contributed by atoms with Crippen LogP contribution in [0, 0.1) is 0 Å². The Labute approximate surface area is 91.1 Å². The minimum absolute atomic E-state index is 0.349. The highest BCUT2D eigenvalue weighted by atomic mass is 79.9. The minimum atomic E-state index is -0.349. The first-order valence-corrected chi connectivity index (χ1v) is 4.99. The van der Waals surface area contributed by atoms with Crippen LogP contribution < -0.4 is 4.74 Å². The Bertz CT molecular complexity index is 336. The van der Waals surface area contributed by atoms with Crippen LogP contribution in [0.25, 0.3) is 0 Å². The zero-order valence-electron chi connectivity index (χ0n) is 8.04. The van der Waals surface area contributed by atoms with Crippen molar-refractivity contribution in [2.24, 2.45) is 0 Å². The molecule has 3 nitrogen and oxygen atoms in total. The smallest absolute Gasteiger partial charge is 0.339 e. The van der Waals surface area contributed by atoms with E-state index < -0.39 is 0 Å². The molecule has 0 saturated carbocycles. The number of hydrogen-bond donors (Lipinski definition) is 0. The molecule has 0 amide bonds. The molecular formula is C10H11BrO3. The highest BCUT2D eigenvalue weighted by Crippen LogP contribution is 2.28. The Morgan fingerprint density at radius 3 is 2.79 bits per heavy atom. The minimum Gasteiger partial charge on any atom is -0.496 e. The molecule has 0 radical (unpaired) electrons. The fourth-order valence-electron chi connectivity index (χ4n) is 1.03. The van der Waals surface area contributed by atoms with Gasteiger partial charge >= 0.3 is 5.97 Å². The van der Waals surface area contributed by atoms with E-state index >= 15 is 0 Å². The molecule has 0 saturated heterocycles. The number of halogens is 1. The van der Waals surface area contributed by atoms with Gasteiger partial charge in [-0.2, -0.15) is 0 Å². The monoisotopic (exact) mass is 258 g/mol. The largest absolute Gasteiger partial charge is 0.496 e. The van der Waals surface area contributed by atoms with Gasteiger partial charge in [0.25, 0.3) is 0 Å². The molecule has 0 aliphatic carbocycles. The van der Waals surface area contributed by atoms with Gasteiger partial charge in [-0.05, 0) is 35.0 Å². The molecule has 0 aromatic heterocycles. The quantitative estimate of drug-likeness (QED) is 0.783. The highest BCUT2D eigenvalue weighted by molar-refractivity contribution is 9.10. The second-order valence-corrected chi connectivity index (χ2v) is 3.34. The lowest BCUT2D eigenvalue weighted by Gasteiger charge is -2.07. The Kier molecular flexibility index (Phi) is 3.95. The van der Waals surface area contributed by atoms with Crippen molar-refractivity contribution in [2.45, 2.75) is 6.92 Å². The van der Waals surface area contributed by atoms with Gasteiger partial charge in [0.2, 0.25) is 0 Å². The summed E-state index contributed by atoms with van der Waals surface area (Å²) in [5.74, 6) is 0.272. The van der Waals surface area contributed by atoms with Gasteiger partial charge in [-0.3, -0.25) is 0 Å². The van der Waals surface area contributed by atoms with Crippen LogP contribution in [0.5, 0.6) is 5.75 Å². The van der Waals surface area contributed by atoms with Crippen molar-refractivity contribution in [3.8, 4) is 5.75 Å². The molecule has 0 spiro atoms. The molecule has 0 aliphatic heterocycles. The van der Waals surface area contributed by atoms with Gasteiger partial charge < -0.3 is 9.47 Å². The molecule has 1 rings (SSSR count). The number of benzene rings is 1. The van der Waals surface area contributed by atoms with Crippen LogP contribution in [0.15, 0.2) is 22.7 Å². The molecular weight excluding hydrogens is 248 g/mol. The third kappa shape index (κ3) is 2.26. The van der Waals surface area contributed by atoms with Gasteiger partial charge in [0, 0.05) is 0 Å². The fraction of sp³-hybridized carbons (Fsp3) is 0.300. The highest BCUT2D eigenvalue weighted by Gasteiger charge is 2.13. The predicted octanol–water partition coefficient (Wildman–Crippen LogP) is 2.63. The summed E-state index contributed by atoms with van der Waals surface area (Å²) in [5.41, 5.74) is 0.478. The van der Waals surface area contributed by atoms with Crippen LogP contribution in [0.2, 0.25) is 0 Å². The number of ether oxygens (including phenoxy) is 2. The third-order valence-electron chi connectivity index (χ3n) is 1.68. The second-order valence-electron chi connectivity index (χ2n) is 2.54. The summed E-state index contributed by atoms with van der Waals surface area (Å²) in [5, 5.41) is 0. The maximum Gasteiger partial charge on any atom is 0.339 e. The fourth-order valence-corrected chi connectivity index (χ4v) is 1.62. The third-order valence-corrected chi connectivity index (χ3v) is 2.50. The number of carbonyl (C=O) groups is 1. The van der Waals surface area contributed by atoms with Crippen molar-refractivity contribution in [3.63, 3.8) is 0 Å². The normalized spacial score (nSPS) is 9.64. The van der Waals surface area contributed by atoms with Gasteiger partial charge in [0.05, 0.1) is 23.8 Å². The maximum atomic E-state index is 11.4. The molecule has 14 heavy (non-hydrogen) atoms. The van der Waals surface area contributed by atoms with E-state index in [1.165, 1.54) is 0 Å². The summed E-state index contributed by atoms with van der Waals surface area (Å²) >= 11 is 3.29. The molecule has 76 valence electrons. The number of esters is 1. The Morgan fingerprint density at radius 2 is 2.21 bits per heavy atom. The molecule has 4 heteroatoms. The van der Waals surface area contributed by atoms with E-state index in [0.29, 0.717) is 22.4 Å². The van der Waals surface area contributed by atoms with Crippen molar-refractivity contribution in [1.29, 1.82) is 0 Å². The van der Waals surface area contributed by atoms with Crippen molar-refractivity contribution < 1.29 is 14.3 Å². The summed E-state index contributed by atoms with van der Waals surface area (Å²) in [6.07, 6.45) is 0. The Balaban J connectivity index is 3.03. The van der Waals surface area contributed by atoms with E-state index in [0.717, 1.165) is 0 Å². The van der Waals surface area contributed by atoms with Gasteiger partial charge in [-0.1, -0.05) is 6.07 Å². The van der Waals surface area contributed by atoms with E-state index in [2.05, 4.69) is 15.9 Å². The first-order valence-electron chi connectivity index (χ1n) is 4.20. The summed E-state index contributed by atoms with van der Waals surface area (Å²) in [7, 11) is 1.55. The van der Waals surface area contributed by atoms with Crippen molar-refractivity contribution in [2.75, 3.05) is 13.7 Å². The molecule has 0 fully saturated rings. The summed E-state index contributed by atoms with van der Waals surface area (Å²) in [4.78, 5) is 11.4. The first kappa shape index (κ1) is 11.0. The lowest BCUT2D eigenvalue weighted by molar-refractivity contribution is 0.0525. The molecule has 0 N–H and O–H groups in total. The van der Waals surface area contributed by atoms with Gasteiger partial charge in [0.1, 0.15) is 5.75 Å². The average Bonchev–Trinajstić information content (AvgIpc) is 2.18. The molecule has 0 bridgehead atoms. The molecule has 1 aromatic rings. The predicted molar refractivity (Wildman–Crippen MR) is 56.7 cm³/mol. The van der Waals surface area contributed by atoms with E-state index in [9.17, 15) is 4.79 Å². The first-order chi connectivity index (χ1) is 6.70. The van der Waals surface area contributed by atoms with E-state index in [-0.39, 0.29) is 5.97 Å². The molecule has 0 aliphatic rings. The lowest BCUT2D eigenvalue weighted by atomic mass is 10.2. The van der Waals surface area contributed by atoms with Crippen molar-refractivity contribution in [1.82, 2.24) is 0 Å². The number of carbonyl (C=O) groups excluding carboxylic acids is 1. The van der Waals surface area contributed by atoms with Gasteiger partial charge in [-0.25, -0.2) is 4.79 Å². The standard InChI is InChI=1S/C10H11BrO3/c1-3-14-10(12)7-5-4-6-8(13-2)9(7)11/h4-6H,3H2,1-2H3. The molecule has 0 atom stereocenters. The van der Waals surface area contributed by atoms with E-state index in [4.69, 9.17) is 9.47 Å². The summed E-state index contributed by atoms with van der Waals surface area (Å²) in [6.45, 7) is 2.13. The summed E-state index contributed by atoms with van der Waals surface area (Å²) < 4.78 is 10.6. The van der Waals surface area contributed by atoms with Gasteiger partial charge in [-0.15, -0.1) is 0 Å².